The van der Waals surface area contributed by atoms with Crippen molar-refractivity contribution in [3.8, 4) is 0 Å². The lowest BCUT2D eigenvalue weighted by Crippen LogP contribution is -2.55. The molecule has 0 saturated carbocycles. The van der Waals surface area contributed by atoms with E-state index in [0.29, 0.717) is 0 Å². The molecule has 94 valence electrons. The van der Waals surface area contributed by atoms with Gasteiger partial charge in [-0.05, 0) is 30.1 Å². The van der Waals surface area contributed by atoms with Crippen molar-refractivity contribution < 1.29 is 31.5 Å². The van der Waals surface area contributed by atoms with Crippen molar-refractivity contribution in [3.05, 3.63) is 12.2 Å². The standard InChI is InChI=1S/C7H5Cl2F5O2/c1-3(2)4(15)16-5(10,6(8,11)12)7(9,13)14/h1H2,2H3. The second-order valence-corrected chi connectivity index (χ2v) is 3.71. The van der Waals surface area contributed by atoms with Crippen molar-refractivity contribution in [1.82, 2.24) is 0 Å². The van der Waals surface area contributed by atoms with Gasteiger partial charge in [0.15, 0.2) is 0 Å². The molecule has 0 rings (SSSR count). The van der Waals surface area contributed by atoms with Gasteiger partial charge in [-0.15, -0.1) is 0 Å². The highest BCUT2D eigenvalue weighted by molar-refractivity contribution is 6.26. The van der Waals surface area contributed by atoms with Gasteiger partial charge in [-0.3, -0.25) is 0 Å². The SMILES string of the molecule is C=C(C)C(=O)OC(F)(C(F)(F)Cl)C(F)(F)Cl. The second kappa shape index (κ2) is 4.37. The van der Waals surface area contributed by atoms with Gasteiger partial charge in [0.05, 0.1) is 0 Å². The van der Waals surface area contributed by atoms with Crippen LogP contribution in [0.25, 0.3) is 0 Å². The third-order valence-electron chi connectivity index (χ3n) is 1.31. The molecule has 9 heteroatoms. The predicted octanol–water partition coefficient (Wildman–Crippen LogP) is 3.43. The first-order chi connectivity index (χ1) is 6.83. The Bertz CT molecular complexity index is 293. The van der Waals surface area contributed by atoms with Crippen molar-refractivity contribution in [1.29, 1.82) is 0 Å². The highest BCUT2D eigenvalue weighted by atomic mass is 35.5. The molecule has 0 aromatic rings. The van der Waals surface area contributed by atoms with Crippen molar-refractivity contribution in [2.75, 3.05) is 0 Å². The molecule has 0 atom stereocenters. The smallest absolute Gasteiger partial charge is 0.407 e. The van der Waals surface area contributed by atoms with Crippen LogP contribution in [0.15, 0.2) is 12.2 Å². The van der Waals surface area contributed by atoms with Crippen LogP contribution in [0.1, 0.15) is 6.92 Å². The van der Waals surface area contributed by atoms with E-state index in [1.54, 1.807) is 0 Å². The van der Waals surface area contributed by atoms with Crippen LogP contribution in [0.3, 0.4) is 0 Å². The lowest BCUT2D eigenvalue weighted by Gasteiger charge is -2.31. The number of halogens is 7. The Morgan fingerprint density at radius 3 is 1.62 bits per heavy atom. The Kier molecular flexibility index (Phi) is 4.21. The average Bonchev–Trinajstić information content (AvgIpc) is 1.99. The second-order valence-electron chi connectivity index (χ2n) is 2.76. The molecule has 0 aliphatic carbocycles. The molecule has 0 amide bonds. The topological polar surface area (TPSA) is 26.3 Å². The largest absolute Gasteiger partial charge is 0.412 e. The maximum Gasteiger partial charge on any atom is 0.407 e. The summed E-state index contributed by atoms with van der Waals surface area (Å²) in [5.41, 5.74) is -0.580. The van der Waals surface area contributed by atoms with Gasteiger partial charge in [-0.25, -0.2) is 4.79 Å². The molecule has 0 heterocycles. The number of hydrogen-bond acceptors (Lipinski definition) is 2. The number of alkyl halides is 7. The fourth-order valence-corrected chi connectivity index (χ4v) is 0.854. The van der Waals surface area contributed by atoms with Gasteiger partial charge in [0.2, 0.25) is 0 Å². The number of ether oxygens (including phenoxy) is 1. The molecule has 0 spiro atoms. The Balaban J connectivity index is 5.30. The first-order valence-corrected chi connectivity index (χ1v) is 4.29. The quantitative estimate of drug-likeness (QED) is 0.343. The first-order valence-electron chi connectivity index (χ1n) is 3.54. The summed E-state index contributed by atoms with van der Waals surface area (Å²) in [5, 5.41) is -10.4. The normalized spacial score (nSPS) is 13.5. The molecule has 0 saturated heterocycles. The minimum atomic E-state index is -5.20. The predicted molar refractivity (Wildman–Crippen MR) is 46.3 cm³/mol. The summed E-state index contributed by atoms with van der Waals surface area (Å²) in [6, 6.07) is 0. The summed E-state index contributed by atoms with van der Waals surface area (Å²) in [5.74, 6) is -6.98. The lowest BCUT2D eigenvalue weighted by molar-refractivity contribution is -0.295. The Morgan fingerprint density at radius 1 is 1.12 bits per heavy atom. The van der Waals surface area contributed by atoms with E-state index in [1.165, 1.54) is 0 Å². The minimum absolute atomic E-state index is 0.580. The number of hydrogen-bond donors (Lipinski definition) is 0. The van der Waals surface area contributed by atoms with E-state index in [2.05, 4.69) is 34.5 Å². The zero-order valence-electron chi connectivity index (χ0n) is 7.67. The zero-order chi connectivity index (χ0) is 13.4. The van der Waals surface area contributed by atoms with Crippen LogP contribution in [0.5, 0.6) is 0 Å². The third-order valence-corrected chi connectivity index (χ3v) is 1.80. The Labute approximate surface area is 96.9 Å². The number of carbonyl (C=O) groups is 1. The average molecular weight is 287 g/mol. The summed E-state index contributed by atoms with van der Waals surface area (Å²) >= 11 is 8.19. The van der Waals surface area contributed by atoms with Crippen LogP contribution >= 0.6 is 23.2 Å². The van der Waals surface area contributed by atoms with Crippen LogP contribution < -0.4 is 0 Å². The summed E-state index contributed by atoms with van der Waals surface area (Å²) < 4.78 is 66.1. The molecule has 0 fully saturated rings. The van der Waals surface area contributed by atoms with E-state index in [9.17, 15) is 26.7 Å². The van der Waals surface area contributed by atoms with Crippen LogP contribution in [-0.4, -0.2) is 22.6 Å². The maximum absolute atomic E-state index is 13.2. The van der Waals surface area contributed by atoms with Gasteiger partial charge in [-0.2, -0.15) is 22.0 Å². The van der Waals surface area contributed by atoms with Crippen LogP contribution in [0, 0.1) is 0 Å². The van der Waals surface area contributed by atoms with E-state index in [4.69, 9.17) is 0 Å². The number of esters is 1. The van der Waals surface area contributed by atoms with Crippen LogP contribution in [0.4, 0.5) is 22.0 Å². The molecule has 2 nitrogen and oxygen atoms in total. The van der Waals surface area contributed by atoms with Crippen molar-refractivity contribution in [2.45, 2.75) is 23.5 Å². The molecule has 0 aliphatic heterocycles. The summed E-state index contributed by atoms with van der Waals surface area (Å²) in [6.07, 6.45) is 0. The molecule has 0 unspecified atom stereocenters. The fourth-order valence-electron chi connectivity index (χ4n) is 0.491. The lowest BCUT2D eigenvalue weighted by atomic mass is 10.3. The van der Waals surface area contributed by atoms with E-state index < -0.39 is 28.2 Å². The highest BCUT2D eigenvalue weighted by Gasteiger charge is 2.73. The van der Waals surface area contributed by atoms with E-state index in [1.807, 2.05) is 0 Å². The van der Waals surface area contributed by atoms with Gasteiger partial charge < -0.3 is 4.74 Å². The van der Waals surface area contributed by atoms with Crippen LogP contribution in [0.2, 0.25) is 0 Å². The van der Waals surface area contributed by atoms with E-state index in [-0.39, 0.29) is 0 Å². The number of rotatable bonds is 4. The van der Waals surface area contributed by atoms with Crippen molar-refractivity contribution >= 4 is 29.2 Å². The molecule has 0 radical (unpaired) electrons. The molecular formula is C7H5Cl2F5O2. The minimum Gasteiger partial charge on any atom is -0.412 e. The molecule has 0 aromatic carbocycles. The molecular weight excluding hydrogens is 282 g/mol. The van der Waals surface area contributed by atoms with E-state index in [0.717, 1.165) is 6.92 Å². The van der Waals surface area contributed by atoms with Gasteiger partial charge in [0.25, 0.3) is 0 Å². The van der Waals surface area contributed by atoms with Gasteiger partial charge >= 0.3 is 22.6 Å². The Morgan fingerprint density at radius 2 is 1.44 bits per heavy atom. The molecule has 0 N–H and O–H groups in total. The summed E-state index contributed by atoms with van der Waals surface area (Å²) in [7, 11) is 0. The monoisotopic (exact) mass is 286 g/mol. The van der Waals surface area contributed by atoms with E-state index >= 15 is 0 Å². The number of carbonyl (C=O) groups excluding carboxylic acids is 1. The first kappa shape index (κ1) is 15.4. The van der Waals surface area contributed by atoms with Gasteiger partial charge in [0, 0.05) is 5.57 Å². The van der Waals surface area contributed by atoms with Gasteiger partial charge in [0.1, 0.15) is 0 Å². The summed E-state index contributed by atoms with van der Waals surface area (Å²) in [4.78, 5) is 10.7. The fraction of sp³-hybridized carbons (Fsp3) is 0.571. The summed E-state index contributed by atoms with van der Waals surface area (Å²) in [6.45, 7) is 3.82. The highest BCUT2D eigenvalue weighted by Crippen LogP contribution is 2.49. The molecule has 16 heavy (non-hydrogen) atoms. The van der Waals surface area contributed by atoms with Crippen LogP contribution in [-0.2, 0) is 9.53 Å². The molecule has 0 bridgehead atoms. The van der Waals surface area contributed by atoms with Crippen molar-refractivity contribution in [2.24, 2.45) is 0 Å². The van der Waals surface area contributed by atoms with Crippen molar-refractivity contribution in [3.63, 3.8) is 0 Å². The van der Waals surface area contributed by atoms with Gasteiger partial charge in [-0.1, -0.05) is 6.58 Å². The zero-order valence-corrected chi connectivity index (χ0v) is 9.18. The third kappa shape index (κ3) is 2.98. The molecule has 0 aliphatic rings. The molecule has 0 aromatic heterocycles. The Hall–Kier alpha value is -0.560. The maximum atomic E-state index is 13.2.